The van der Waals surface area contributed by atoms with Gasteiger partial charge in [0.25, 0.3) is 0 Å². The van der Waals surface area contributed by atoms with Gasteiger partial charge in [0.15, 0.2) is 0 Å². The number of imidazole rings is 1. The normalized spacial score (nSPS) is 27.1. The number of rotatable bonds is 1. The molecule has 2 aliphatic rings. The van der Waals surface area contributed by atoms with Crippen LogP contribution in [0.15, 0.2) is 18.2 Å². The number of benzene rings is 1. The molecule has 2 atom stereocenters. The number of hydrogen-bond donors (Lipinski definition) is 2. The maximum absolute atomic E-state index is 5.84. The molecule has 2 bridgehead atoms. The van der Waals surface area contributed by atoms with E-state index >= 15 is 0 Å². The molecular formula is C15H21N5. The van der Waals surface area contributed by atoms with Crippen LogP contribution >= 0.6 is 0 Å². The van der Waals surface area contributed by atoms with Crippen molar-refractivity contribution < 1.29 is 0 Å². The Morgan fingerprint density at radius 3 is 3.00 bits per heavy atom. The van der Waals surface area contributed by atoms with Crippen LogP contribution in [-0.2, 0) is 0 Å². The topological polar surface area (TPSA) is 61.2 Å². The molecule has 2 aromatic rings. The smallest absolute Gasteiger partial charge is 0.203 e. The standard InChI is InChI=1S/C15H21N5/c1-19-11-3-4-12(19)9-20(7-6-11)15-17-13-5-2-10(16)8-14(13)18-15/h2,5,8,11-12H,3-4,6-7,9,16H2,1H3,(H,17,18). The summed E-state index contributed by atoms with van der Waals surface area (Å²) in [6.45, 7) is 2.16. The summed E-state index contributed by atoms with van der Waals surface area (Å²) >= 11 is 0. The highest BCUT2D eigenvalue weighted by Gasteiger charge is 2.35. The van der Waals surface area contributed by atoms with Gasteiger partial charge in [0.1, 0.15) is 0 Å². The number of nitrogen functional groups attached to an aromatic ring is 1. The Kier molecular flexibility index (Phi) is 2.63. The van der Waals surface area contributed by atoms with Crippen molar-refractivity contribution in [3.05, 3.63) is 18.2 Å². The third-order valence-corrected chi connectivity index (χ3v) is 4.94. The molecule has 2 unspecified atom stereocenters. The van der Waals surface area contributed by atoms with E-state index in [0.717, 1.165) is 41.8 Å². The van der Waals surface area contributed by atoms with Crippen molar-refractivity contribution in [2.45, 2.75) is 31.3 Å². The minimum atomic E-state index is 0.667. The lowest BCUT2D eigenvalue weighted by Crippen LogP contribution is -2.37. The molecule has 5 nitrogen and oxygen atoms in total. The second-order valence-electron chi connectivity index (χ2n) is 6.12. The lowest BCUT2D eigenvalue weighted by atomic mass is 10.1. The van der Waals surface area contributed by atoms with Gasteiger partial charge in [-0.15, -0.1) is 0 Å². The Morgan fingerprint density at radius 2 is 2.10 bits per heavy atom. The SMILES string of the molecule is CN1C2CCC1CN(c1nc3ccc(N)cc3[nH]1)CC2. The highest BCUT2D eigenvalue weighted by atomic mass is 15.3. The van der Waals surface area contributed by atoms with Gasteiger partial charge in [0.2, 0.25) is 5.95 Å². The Hall–Kier alpha value is -1.75. The van der Waals surface area contributed by atoms with Crippen molar-refractivity contribution in [2.75, 3.05) is 30.8 Å². The Labute approximate surface area is 118 Å². The Balaban J connectivity index is 1.65. The average Bonchev–Trinajstić information content (AvgIpc) is 2.91. The summed E-state index contributed by atoms with van der Waals surface area (Å²) in [6.07, 6.45) is 3.89. The predicted molar refractivity (Wildman–Crippen MR) is 81.9 cm³/mol. The second kappa shape index (κ2) is 4.38. The maximum Gasteiger partial charge on any atom is 0.203 e. The summed E-state index contributed by atoms with van der Waals surface area (Å²) in [4.78, 5) is 13.1. The molecule has 0 spiro atoms. The van der Waals surface area contributed by atoms with Gasteiger partial charge in [-0.05, 0) is 44.5 Å². The molecule has 3 N–H and O–H groups in total. The zero-order chi connectivity index (χ0) is 13.7. The van der Waals surface area contributed by atoms with Gasteiger partial charge in [-0.1, -0.05) is 0 Å². The summed E-state index contributed by atoms with van der Waals surface area (Å²) < 4.78 is 0. The summed E-state index contributed by atoms with van der Waals surface area (Å²) in [5.74, 6) is 0.992. The molecule has 3 heterocycles. The molecule has 2 aliphatic heterocycles. The van der Waals surface area contributed by atoms with Crippen molar-refractivity contribution >= 4 is 22.7 Å². The second-order valence-corrected chi connectivity index (χ2v) is 6.12. The van der Waals surface area contributed by atoms with Crippen LogP contribution < -0.4 is 10.6 Å². The number of aromatic amines is 1. The molecule has 20 heavy (non-hydrogen) atoms. The quantitative estimate of drug-likeness (QED) is 0.777. The van der Waals surface area contributed by atoms with Crippen LogP contribution in [0.5, 0.6) is 0 Å². The van der Waals surface area contributed by atoms with Crippen molar-refractivity contribution in [1.29, 1.82) is 0 Å². The van der Waals surface area contributed by atoms with E-state index in [1.807, 2.05) is 18.2 Å². The molecule has 4 rings (SSSR count). The van der Waals surface area contributed by atoms with Gasteiger partial charge in [0, 0.05) is 30.9 Å². The molecule has 0 amide bonds. The number of nitrogens with one attached hydrogen (secondary N) is 1. The lowest BCUT2D eigenvalue weighted by molar-refractivity contribution is 0.254. The minimum Gasteiger partial charge on any atom is -0.399 e. The van der Waals surface area contributed by atoms with E-state index in [-0.39, 0.29) is 0 Å². The number of aromatic nitrogens is 2. The fourth-order valence-corrected chi connectivity index (χ4v) is 3.66. The fourth-order valence-electron chi connectivity index (χ4n) is 3.66. The average molecular weight is 271 g/mol. The largest absolute Gasteiger partial charge is 0.399 e. The first-order valence-electron chi connectivity index (χ1n) is 7.43. The Bertz CT molecular complexity index is 634. The number of hydrogen-bond acceptors (Lipinski definition) is 4. The van der Waals surface area contributed by atoms with Crippen LogP contribution in [0, 0.1) is 0 Å². The zero-order valence-electron chi connectivity index (χ0n) is 11.8. The number of nitrogens with zero attached hydrogens (tertiary/aromatic N) is 3. The number of fused-ring (bicyclic) bond motifs is 3. The summed E-state index contributed by atoms with van der Waals surface area (Å²) in [7, 11) is 2.27. The van der Waals surface area contributed by atoms with Gasteiger partial charge < -0.3 is 15.6 Å². The van der Waals surface area contributed by atoms with E-state index in [2.05, 4.69) is 21.8 Å². The summed E-state index contributed by atoms with van der Waals surface area (Å²) in [5, 5.41) is 0. The summed E-state index contributed by atoms with van der Waals surface area (Å²) in [6, 6.07) is 7.28. The molecule has 0 aliphatic carbocycles. The molecule has 0 radical (unpaired) electrons. The van der Waals surface area contributed by atoms with Crippen molar-refractivity contribution in [3.8, 4) is 0 Å². The molecule has 1 aromatic carbocycles. The molecule has 5 heteroatoms. The highest BCUT2D eigenvalue weighted by molar-refractivity contribution is 5.80. The van der Waals surface area contributed by atoms with Gasteiger partial charge in [0.05, 0.1) is 11.0 Å². The lowest BCUT2D eigenvalue weighted by Gasteiger charge is -2.25. The first-order valence-corrected chi connectivity index (χ1v) is 7.43. The molecule has 0 saturated carbocycles. The molecule has 106 valence electrons. The number of likely N-dealkylation sites (N-methyl/N-ethyl adjacent to an activating group) is 1. The van der Waals surface area contributed by atoms with Gasteiger partial charge in [-0.3, -0.25) is 4.90 Å². The van der Waals surface area contributed by atoms with E-state index in [1.54, 1.807) is 0 Å². The third-order valence-electron chi connectivity index (χ3n) is 4.94. The Morgan fingerprint density at radius 1 is 1.25 bits per heavy atom. The number of H-pyrrole nitrogens is 1. The maximum atomic E-state index is 5.84. The van der Waals surface area contributed by atoms with Crippen LogP contribution in [0.2, 0.25) is 0 Å². The zero-order valence-corrected chi connectivity index (χ0v) is 11.8. The van der Waals surface area contributed by atoms with E-state index in [4.69, 9.17) is 10.7 Å². The first kappa shape index (κ1) is 12.0. The molecule has 1 aromatic heterocycles. The molecule has 2 saturated heterocycles. The van der Waals surface area contributed by atoms with Gasteiger partial charge in [-0.25, -0.2) is 4.98 Å². The number of nitrogens with two attached hydrogens (primary N) is 1. The molecular weight excluding hydrogens is 250 g/mol. The highest BCUT2D eigenvalue weighted by Crippen LogP contribution is 2.30. The van der Waals surface area contributed by atoms with Crippen LogP contribution in [0.4, 0.5) is 11.6 Å². The van der Waals surface area contributed by atoms with Crippen LogP contribution in [0.25, 0.3) is 11.0 Å². The third kappa shape index (κ3) is 1.85. The van der Waals surface area contributed by atoms with Gasteiger partial charge >= 0.3 is 0 Å². The predicted octanol–water partition coefficient (Wildman–Crippen LogP) is 1.82. The van der Waals surface area contributed by atoms with Crippen LogP contribution in [0.1, 0.15) is 19.3 Å². The van der Waals surface area contributed by atoms with Crippen LogP contribution in [0.3, 0.4) is 0 Å². The monoisotopic (exact) mass is 271 g/mol. The first-order chi connectivity index (χ1) is 9.70. The fraction of sp³-hybridized carbons (Fsp3) is 0.533. The van der Waals surface area contributed by atoms with E-state index in [1.165, 1.54) is 19.3 Å². The van der Waals surface area contributed by atoms with Crippen molar-refractivity contribution in [2.24, 2.45) is 0 Å². The molecule has 2 fully saturated rings. The number of anilines is 2. The van der Waals surface area contributed by atoms with E-state index in [0.29, 0.717) is 6.04 Å². The minimum absolute atomic E-state index is 0.667. The van der Waals surface area contributed by atoms with Crippen molar-refractivity contribution in [1.82, 2.24) is 14.9 Å². The summed E-state index contributed by atoms with van der Waals surface area (Å²) in [5.41, 5.74) is 8.64. The van der Waals surface area contributed by atoms with E-state index in [9.17, 15) is 0 Å². The van der Waals surface area contributed by atoms with Crippen molar-refractivity contribution in [3.63, 3.8) is 0 Å². The van der Waals surface area contributed by atoms with Gasteiger partial charge in [-0.2, -0.15) is 0 Å². The van der Waals surface area contributed by atoms with E-state index < -0.39 is 0 Å². The van der Waals surface area contributed by atoms with Crippen LogP contribution in [-0.4, -0.2) is 47.1 Å².